The van der Waals surface area contributed by atoms with Crippen LogP contribution < -0.4 is 4.74 Å². The number of nitrogens with zero attached hydrogens (tertiary/aromatic N) is 2. The van der Waals surface area contributed by atoms with Crippen LogP contribution in [0.1, 0.15) is 22.9 Å². The van der Waals surface area contributed by atoms with Gasteiger partial charge in [0.2, 0.25) is 0 Å². The second-order valence-corrected chi connectivity index (χ2v) is 9.37. The van der Waals surface area contributed by atoms with Gasteiger partial charge in [-0.1, -0.05) is 0 Å². The molecule has 0 bridgehead atoms. The summed E-state index contributed by atoms with van der Waals surface area (Å²) < 4.78 is 103. The Hall–Kier alpha value is -2.79. The lowest BCUT2D eigenvalue weighted by atomic mass is 9.91. The summed E-state index contributed by atoms with van der Waals surface area (Å²) in [6, 6.07) is 4.45. The molecule has 11 heteroatoms. The van der Waals surface area contributed by atoms with Gasteiger partial charge in [-0.25, -0.2) is 13.2 Å². The van der Waals surface area contributed by atoms with Crippen LogP contribution in [0.4, 0.5) is 30.7 Å². The molecule has 0 aliphatic carbocycles. The first kappa shape index (κ1) is 24.9. The third-order valence-corrected chi connectivity index (χ3v) is 6.82. The summed E-state index contributed by atoms with van der Waals surface area (Å²) in [6.45, 7) is -0.114. The lowest BCUT2D eigenvalue weighted by Gasteiger charge is -2.37. The molecule has 5 rings (SSSR count). The Kier molecular flexibility index (Phi) is 6.63. The fourth-order valence-electron chi connectivity index (χ4n) is 5.19. The van der Waals surface area contributed by atoms with Gasteiger partial charge in [-0.05, 0) is 30.2 Å². The Labute approximate surface area is 202 Å². The number of benzene rings is 2. The number of fused-ring (bicyclic) bond motifs is 3. The van der Waals surface area contributed by atoms with Crippen molar-refractivity contribution in [2.45, 2.75) is 18.6 Å². The Morgan fingerprint density at radius 2 is 1.75 bits per heavy atom. The summed E-state index contributed by atoms with van der Waals surface area (Å²) in [5.41, 5.74) is 0.682. The minimum Gasteiger partial charge on any atom is -0.492 e. The maximum Gasteiger partial charge on any atom is 0.401 e. The Bertz CT molecular complexity index is 1230. The molecule has 2 aromatic carbocycles. The van der Waals surface area contributed by atoms with Crippen LogP contribution in [0.3, 0.4) is 0 Å². The Morgan fingerprint density at radius 3 is 2.42 bits per heavy atom. The molecule has 4 nitrogen and oxygen atoms in total. The van der Waals surface area contributed by atoms with E-state index in [1.54, 1.807) is 0 Å². The smallest absolute Gasteiger partial charge is 0.401 e. The van der Waals surface area contributed by atoms with Crippen molar-refractivity contribution in [3.05, 3.63) is 64.6 Å². The molecule has 36 heavy (non-hydrogen) atoms. The van der Waals surface area contributed by atoms with E-state index >= 15 is 8.78 Å². The van der Waals surface area contributed by atoms with Crippen LogP contribution >= 0.6 is 0 Å². The molecular formula is C25H24F7N3O. The second kappa shape index (κ2) is 9.59. The maximum absolute atomic E-state index is 15.3. The van der Waals surface area contributed by atoms with E-state index in [0.29, 0.717) is 36.1 Å². The zero-order chi connectivity index (χ0) is 25.6. The number of nitrogens with one attached hydrogen (secondary N) is 1. The fraction of sp³-hybridized carbons (Fsp3) is 0.440. The molecule has 0 unspecified atom stereocenters. The number of halogens is 7. The average Bonchev–Trinajstić information content (AvgIpc) is 3.13. The van der Waals surface area contributed by atoms with Gasteiger partial charge >= 0.3 is 6.18 Å². The molecule has 0 spiro atoms. The van der Waals surface area contributed by atoms with E-state index < -0.39 is 48.5 Å². The van der Waals surface area contributed by atoms with E-state index in [2.05, 4.69) is 4.98 Å². The number of H-pyrrole nitrogens is 1. The summed E-state index contributed by atoms with van der Waals surface area (Å²) in [4.78, 5) is 5.89. The van der Waals surface area contributed by atoms with E-state index in [1.807, 2.05) is 4.90 Å². The molecule has 3 aromatic rings. The van der Waals surface area contributed by atoms with Crippen molar-refractivity contribution in [2.24, 2.45) is 5.92 Å². The summed E-state index contributed by atoms with van der Waals surface area (Å²) in [5.74, 6) is -2.69. The molecule has 0 amide bonds. The summed E-state index contributed by atoms with van der Waals surface area (Å²) in [6.07, 6.45) is -4.43. The Morgan fingerprint density at radius 1 is 1.03 bits per heavy atom. The predicted molar refractivity (Wildman–Crippen MR) is 119 cm³/mol. The van der Waals surface area contributed by atoms with Crippen molar-refractivity contribution in [1.82, 2.24) is 14.8 Å². The summed E-state index contributed by atoms with van der Waals surface area (Å²) in [7, 11) is 0. The van der Waals surface area contributed by atoms with Gasteiger partial charge in [0.25, 0.3) is 0 Å². The van der Waals surface area contributed by atoms with Gasteiger partial charge in [0.15, 0.2) is 0 Å². The first-order chi connectivity index (χ1) is 17.1. The number of alkyl halides is 4. The van der Waals surface area contributed by atoms with Crippen LogP contribution in [0.15, 0.2) is 30.3 Å². The van der Waals surface area contributed by atoms with Gasteiger partial charge in [-0.15, -0.1) is 0 Å². The fourth-order valence-corrected chi connectivity index (χ4v) is 5.19. The minimum absolute atomic E-state index is 0.000309. The van der Waals surface area contributed by atoms with Crippen LogP contribution in [-0.2, 0) is 6.42 Å². The number of hydrogen-bond donors (Lipinski definition) is 1. The van der Waals surface area contributed by atoms with E-state index in [0.717, 1.165) is 17.0 Å². The Balaban J connectivity index is 1.45. The standard InChI is InChI=1S/C25H24F7N3O/c26-10-14-11-34(12-14)5-6-36-16-8-19(28)22(20(29)9-16)24-23-17(3-4-35(24)13-25(30,31)32)18-7-15(27)1-2-21(18)33-23/h1-2,7-9,14,24,33H,3-6,10-13H2/t24-/m0/s1. The van der Waals surface area contributed by atoms with Crippen molar-refractivity contribution < 1.29 is 35.5 Å². The molecule has 0 radical (unpaired) electrons. The van der Waals surface area contributed by atoms with E-state index in [9.17, 15) is 22.0 Å². The van der Waals surface area contributed by atoms with Crippen LogP contribution in [0.25, 0.3) is 10.9 Å². The second-order valence-electron chi connectivity index (χ2n) is 9.37. The number of hydrogen-bond acceptors (Lipinski definition) is 3. The molecule has 1 atom stereocenters. The van der Waals surface area contributed by atoms with Crippen molar-refractivity contribution in [3.63, 3.8) is 0 Å². The predicted octanol–water partition coefficient (Wildman–Crippen LogP) is 5.38. The highest BCUT2D eigenvalue weighted by Gasteiger charge is 2.41. The van der Waals surface area contributed by atoms with Crippen molar-refractivity contribution in [1.29, 1.82) is 0 Å². The van der Waals surface area contributed by atoms with Crippen LogP contribution in [-0.4, -0.2) is 67.0 Å². The lowest BCUT2D eigenvalue weighted by Crippen LogP contribution is -2.49. The first-order valence-corrected chi connectivity index (χ1v) is 11.6. The largest absolute Gasteiger partial charge is 0.492 e. The minimum atomic E-state index is -4.60. The molecule has 1 aromatic heterocycles. The number of rotatable bonds is 7. The van der Waals surface area contributed by atoms with Crippen LogP contribution in [0.2, 0.25) is 0 Å². The van der Waals surface area contributed by atoms with Crippen molar-refractivity contribution >= 4 is 10.9 Å². The molecule has 1 N–H and O–H groups in total. The number of aromatic nitrogens is 1. The quantitative estimate of drug-likeness (QED) is 0.429. The summed E-state index contributed by atoms with van der Waals surface area (Å²) >= 11 is 0. The molecule has 1 fully saturated rings. The third-order valence-electron chi connectivity index (χ3n) is 6.82. The lowest BCUT2D eigenvalue weighted by molar-refractivity contribution is -0.150. The van der Waals surface area contributed by atoms with E-state index in [4.69, 9.17) is 4.74 Å². The molecule has 2 aliphatic heterocycles. The average molecular weight is 515 g/mol. The van der Waals surface area contributed by atoms with Gasteiger partial charge in [-0.2, -0.15) is 13.2 Å². The highest BCUT2D eigenvalue weighted by Crippen LogP contribution is 2.42. The highest BCUT2D eigenvalue weighted by atomic mass is 19.4. The number of ether oxygens (including phenoxy) is 1. The van der Waals surface area contributed by atoms with Crippen molar-refractivity contribution in [3.8, 4) is 5.75 Å². The first-order valence-electron chi connectivity index (χ1n) is 11.6. The molecule has 2 aliphatic rings. The number of aromatic amines is 1. The van der Waals surface area contributed by atoms with Crippen molar-refractivity contribution in [2.75, 3.05) is 46.0 Å². The van der Waals surface area contributed by atoms with E-state index in [1.165, 1.54) is 18.2 Å². The van der Waals surface area contributed by atoms with Gasteiger partial charge in [0.1, 0.15) is 29.8 Å². The van der Waals surface area contributed by atoms with Gasteiger partial charge < -0.3 is 9.72 Å². The monoisotopic (exact) mass is 515 g/mol. The summed E-state index contributed by atoms with van der Waals surface area (Å²) in [5, 5.41) is 0.475. The van der Waals surface area contributed by atoms with E-state index in [-0.39, 0.29) is 36.9 Å². The molecule has 194 valence electrons. The molecular weight excluding hydrogens is 491 g/mol. The maximum atomic E-state index is 15.3. The third kappa shape index (κ3) is 4.90. The van der Waals surface area contributed by atoms with Gasteiger partial charge in [0.05, 0.1) is 19.3 Å². The topological polar surface area (TPSA) is 31.5 Å². The zero-order valence-corrected chi connectivity index (χ0v) is 19.1. The molecule has 1 saturated heterocycles. The number of likely N-dealkylation sites (tertiary alicyclic amines) is 1. The highest BCUT2D eigenvalue weighted by molar-refractivity contribution is 5.85. The van der Waals surface area contributed by atoms with Gasteiger partial charge in [-0.3, -0.25) is 14.2 Å². The van der Waals surface area contributed by atoms with Crippen LogP contribution in [0.5, 0.6) is 5.75 Å². The molecule has 0 saturated carbocycles. The SMILES string of the molecule is FCC1CN(CCOc2cc(F)c([C@H]3c4[nH]c5ccc(F)cc5c4CCN3CC(F)(F)F)c(F)c2)C1. The van der Waals surface area contributed by atoms with Crippen LogP contribution in [0, 0.1) is 23.4 Å². The zero-order valence-electron chi connectivity index (χ0n) is 19.1. The molecule has 3 heterocycles. The normalized spacial score (nSPS) is 19.5. The van der Waals surface area contributed by atoms with Gasteiger partial charge in [0, 0.05) is 66.4 Å².